The highest BCUT2D eigenvalue weighted by Crippen LogP contribution is 2.36. The second-order valence-corrected chi connectivity index (χ2v) is 7.00. The van der Waals surface area contributed by atoms with Gasteiger partial charge in [-0.1, -0.05) is 6.07 Å². The molecule has 0 radical (unpaired) electrons. The fraction of sp³-hybridized carbons (Fsp3) is 0.364. The number of ether oxygens (including phenoxy) is 3. The van der Waals surface area contributed by atoms with E-state index in [9.17, 15) is 13.2 Å². The molecule has 1 fully saturated rings. The van der Waals surface area contributed by atoms with Gasteiger partial charge in [0.2, 0.25) is 0 Å². The van der Waals surface area contributed by atoms with E-state index < -0.39 is 25.2 Å². The van der Waals surface area contributed by atoms with Crippen LogP contribution in [-0.4, -0.2) is 33.4 Å². The predicted molar refractivity (Wildman–Crippen MR) is 70.6 cm³/mol. The number of halogens is 2. The zero-order valence-corrected chi connectivity index (χ0v) is 12.6. The topological polar surface area (TPSA) is 78.9 Å². The molecule has 0 aliphatic carbocycles. The summed E-state index contributed by atoms with van der Waals surface area (Å²) in [6.45, 7) is 0.357. The van der Waals surface area contributed by atoms with Crippen molar-refractivity contribution in [2.24, 2.45) is 0 Å². The van der Waals surface area contributed by atoms with Gasteiger partial charge in [-0.3, -0.25) is 0 Å². The normalized spacial score (nSPS) is 21.9. The molecule has 0 saturated carbocycles. The average molecular weight is 341 g/mol. The van der Waals surface area contributed by atoms with Crippen LogP contribution in [0.4, 0.5) is 0 Å². The highest BCUT2D eigenvalue weighted by Gasteiger charge is 2.42. The first kappa shape index (κ1) is 15.4. The van der Waals surface area contributed by atoms with Gasteiger partial charge < -0.3 is 14.2 Å². The molecule has 0 N–H and O–H groups in total. The van der Waals surface area contributed by atoms with Crippen LogP contribution in [0.5, 0.6) is 5.75 Å². The van der Waals surface area contributed by atoms with Crippen LogP contribution in [-0.2, 0) is 18.5 Å². The van der Waals surface area contributed by atoms with Gasteiger partial charge in [0.15, 0.2) is 0 Å². The van der Waals surface area contributed by atoms with Crippen LogP contribution in [0.1, 0.15) is 16.8 Å². The standard InChI is InChI=1S/C11H10Cl2O6S/c1-17-8-4-2-3-7(9(8)20(13,15)16)10(14)19-11(12)5-6-18-11/h2-4H,5-6H2,1H3. The number of hydrogen-bond donors (Lipinski definition) is 0. The summed E-state index contributed by atoms with van der Waals surface area (Å²) < 4.78 is 37.9. The number of carbonyl (C=O) groups excluding carboxylic acids is 1. The Morgan fingerprint density at radius 3 is 2.55 bits per heavy atom. The number of benzene rings is 1. The number of alkyl halides is 1. The third-order valence-electron chi connectivity index (χ3n) is 2.63. The monoisotopic (exact) mass is 340 g/mol. The Hall–Kier alpha value is -1.02. The Kier molecular flexibility index (Phi) is 4.15. The molecule has 2 rings (SSSR count). The Morgan fingerprint density at radius 1 is 1.45 bits per heavy atom. The predicted octanol–water partition coefficient (Wildman–Crippen LogP) is 2.09. The Morgan fingerprint density at radius 2 is 2.10 bits per heavy atom. The van der Waals surface area contributed by atoms with Gasteiger partial charge in [-0.05, 0) is 23.7 Å². The molecule has 1 aliphatic heterocycles. The van der Waals surface area contributed by atoms with Crippen molar-refractivity contribution in [1.29, 1.82) is 0 Å². The summed E-state index contributed by atoms with van der Waals surface area (Å²) in [6, 6.07) is 4.05. The first-order valence-electron chi connectivity index (χ1n) is 5.45. The first-order valence-corrected chi connectivity index (χ1v) is 8.13. The Balaban J connectivity index is 2.43. The molecule has 1 aromatic carbocycles. The van der Waals surface area contributed by atoms with E-state index in [2.05, 4.69) is 0 Å². The molecule has 6 nitrogen and oxygen atoms in total. The molecule has 0 spiro atoms. The fourth-order valence-electron chi connectivity index (χ4n) is 1.63. The molecule has 9 heteroatoms. The number of rotatable bonds is 4. The molecule has 0 bridgehead atoms. The van der Waals surface area contributed by atoms with Gasteiger partial charge in [0.05, 0.1) is 25.7 Å². The largest absolute Gasteiger partial charge is 0.495 e. The smallest absolute Gasteiger partial charge is 0.343 e. The van der Waals surface area contributed by atoms with Crippen LogP contribution in [0.15, 0.2) is 23.1 Å². The lowest BCUT2D eigenvalue weighted by atomic mass is 10.2. The van der Waals surface area contributed by atoms with Crippen LogP contribution in [0.25, 0.3) is 0 Å². The third kappa shape index (κ3) is 3.01. The average Bonchev–Trinajstić information content (AvgIpc) is 2.34. The third-order valence-corrected chi connectivity index (χ3v) is 4.37. The maximum atomic E-state index is 12.0. The van der Waals surface area contributed by atoms with Gasteiger partial charge in [0.25, 0.3) is 14.3 Å². The van der Waals surface area contributed by atoms with E-state index in [0.29, 0.717) is 13.0 Å². The first-order chi connectivity index (χ1) is 9.27. The molecule has 110 valence electrons. The van der Waals surface area contributed by atoms with Gasteiger partial charge in [0, 0.05) is 10.7 Å². The van der Waals surface area contributed by atoms with Crippen molar-refractivity contribution in [3.8, 4) is 5.75 Å². The second-order valence-electron chi connectivity index (χ2n) is 3.92. The lowest BCUT2D eigenvalue weighted by Gasteiger charge is -2.34. The van der Waals surface area contributed by atoms with E-state index in [4.69, 9.17) is 36.5 Å². The molecular weight excluding hydrogens is 331 g/mol. The van der Waals surface area contributed by atoms with E-state index in [1.54, 1.807) is 0 Å². The lowest BCUT2D eigenvalue weighted by molar-refractivity contribution is -0.220. The lowest BCUT2D eigenvalue weighted by Crippen LogP contribution is -2.42. The molecule has 1 atom stereocenters. The highest BCUT2D eigenvalue weighted by molar-refractivity contribution is 8.13. The number of methoxy groups -OCH3 is 1. The van der Waals surface area contributed by atoms with Crippen molar-refractivity contribution in [1.82, 2.24) is 0 Å². The van der Waals surface area contributed by atoms with E-state index in [1.807, 2.05) is 0 Å². The maximum Gasteiger partial charge on any atom is 0.343 e. The maximum absolute atomic E-state index is 12.0. The van der Waals surface area contributed by atoms with Crippen molar-refractivity contribution in [3.05, 3.63) is 23.8 Å². The van der Waals surface area contributed by atoms with Crippen LogP contribution >= 0.6 is 22.3 Å². The number of carbonyl (C=O) groups is 1. The second kappa shape index (κ2) is 5.40. The molecular formula is C11H10Cl2O6S. The zero-order chi connectivity index (χ0) is 15.0. The van der Waals surface area contributed by atoms with E-state index in [1.165, 1.54) is 25.3 Å². The van der Waals surface area contributed by atoms with Crippen LogP contribution < -0.4 is 4.74 Å². The number of hydrogen-bond acceptors (Lipinski definition) is 6. The fourth-order valence-corrected chi connectivity index (χ4v) is 3.13. The molecule has 1 saturated heterocycles. The summed E-state index contributed by atoms with van der Waals surface area (Å²) >= 11 is 5.81. The molecule has 20 heavy (non-hydrogen) atoms. The van der Waals surface area contributed by atoms with Crippen molar-refractivity contribution < 1.29 is 27.4 Å². The molecule has 1 unspecified atom stereocenters. The van der Waals surface area contributed by atoms with Crippen LogP contribution in [0.2, 0.25) is 0 Å². The molecule has 0 amide bonds. The summed E-state index contributed by atoms with van der Waals surface area (Å²) in [7, 11) is 2.39. The minimum absolute atomic E-state index is 0.0624. The van der Waals surface area contributed by atoms with Crippen molar-refractivity contribution in [3.63, 3.8) is 0 Å². The quantitative estimate of drug-likeness (QED) is 0.474. The minimum atomic E-state index is -4.20. The number of esters is 1. The van der Waals surface area contributed by atoms with Crippen LogP contribution in [0, 0.1) is 0 Å². The van der Waals surface area contributed by atoms with E-state index >= 15 is 0 Å². The Labute approximate surface area is 124 Å². The summed E-state index contributed by atoms with van der Waals surface area (Å²) in [5.41, 5.74) is -0.269. The minimum Gasteiger partial charge on any atom is -0.495 e. The molecule has 1 aliphatic rings. The summed E-state index contributed by atoms with van der Waals surface area (Å²) in [6.07, 6.45) is 0.313. The molecule has 1 heterocycles. The van der Waals surface area contributed by atoms with E-state index in [0.717, 1.165) is 0 Å². The van der Waals surface area contributed by atoms with Crippen molar-refractivity contribution in [2.75, 3.05) is 13.7 Å². The van der Waals surface area contributed by atoms with Crippen molar-refractivity contribution in [2.45, 2.75) is 16.6 Å². The van der Waals surface area contributed by atoms with Crippen molar-refractivity contribution >= 4 is 37.3 Å². The molecule has 1 aromatic rings. The zero-order valence-electron chi connectivity index (χ0n) is 10.3. The highest BCUT2D eigenvalue weighted by atomic mass is 35.7. The van der Waals surface area contributed by atoms with E-state index in [-0.39, 0.29) is 11.3 Å². The van der Waals surface area contributed by atoms with Gasteiger partial charge in [-0.25, -0.2) is 13.2 Å². The summed E-state index contributed by atoms with van der Waals surface area (Å²) in [5.74, 6) is -1.02. The summed E-state index contributed by atoms with van der Waals surface area (Å²) in [5, 5.41) is -1.55. The SMILES string of the molecule is COc1cccc(C(=O)OC2(Cl)CCO2)c1S(=O)(=O)Cl. The van der Waals surface area contributed by atoms with Crippen LogP contribution in [0.3, 0.4) is 0 Å². The van der Waals surface area contributed by atoms with Gasteiger partial charge in [-0.15, -0.1) is 0 Å². The summed E-state index contributed by atoms with van der Waals surface area (Å²) in [4.78, 5) is 11.6. The van der Waals surface area contributed by atoms with Gasteiger partial charge in [0.1, 0.15) is 10.6 Å². The van der Waals surface area contributed by atoms with Gasteiger partial charge in [-0.2, -0.15) is 0 Å². The Bertz CT molecular complexity index is 638. The van der Waals surface area contributed by atoms with Gasteiger partial charge >= 0.3 is 5.97 Å². The molecule has 0 aromatic heterocycles.